The number of aromatic nitrogens is 4. The first-order valence-corrected chi connectivity index (χ1v) is 11.3. The van der Waals surface area contributed by atoms with E-state index in [0.29, 0.717) is 38.7 Å². The van der Waals surface area contributed by atoms with Gasteiger partial charge in [0.2, 0.25) is 17.8 Å². The standard InChI is InChI=1S/C24H27N7O2/c1-18(19-8-4-2-5-9-19)30-17-20(16-22(30)32)23(33)28-12-14-29(15-13-28)24-25-26-27-31(24)21-10-6-3-7-11-21/h2-11,18,20H,12-17H2,1H3. The third-order valence-electron chi connectivity index (χ3n) is 6.59. The Bertz CT molecular complexity index is 1110. The first-order chi connectivity index (χ1) is 16.1. The van der Waals surface area contributed by atoms with Crippen molar-refractivity contribution in [2.75, 3.05) is 37.6 Å². The van der Waals surface area contributed by atoms with Crippen molar-refractivity contribution in [1.82, 2.24) is 30.0 Å². The molecule has 3 heterocycles. The number of tetrazole rings is 1. The van der Waals surface area contributed by atoms with Gasteiger partial charge in [0.25, 0.3) is 0 Å². The number of benzene rings is 2. The van der Waals surface area contributed by atoms with Gasteiger partial charge in [-0.05, 0) is 35.0 Å². The van der Waals surface area contributed by atoms with E-state index in [1.165, 1.54) is 0 Å². The fraction of sp³-hybridized carbons (Fsp3) is 0.375. The Labute approximate surface area is 192 Å². The molecule has 5 rings (SSSR count). The zero-order chi connectivity index (χ0) is 22.8. The molecule has 9 nitrogen and oxygen atoms in total. The average Bonchev–Trinajstić information content (AvgIpc) is 3.51. The van der Waals surface area contributed by atoms with E-state index in [9.17, 15) is 9.59 Å². The molecule has 170 valence electrons. The van der Waals surface area contributed by atoms with E-state index < -0.39 is 0 Å². The molecule has 0 radical (unpaired) electrons. The minimum Gasteiger partial charge on any atom is -0.339 e. The van der Waals surface area contributed by atoms with Gasteiger partial charge in [-0.15, -0.1) is 0 Å². The summed E-state index contributed by atoms with van der Waals surface area (Å²) in [5, 5.41) is 12.2. The smallest absolute Gasteiger partial charge is 0.250 e. The van der Waals surface area contributed by atoms with Crippen molar-refractivity contribution < 1.29 is 9.59 Å². The Morgan fingerprint density at radius 1 is 0.970 bits per heavy atom. The van der Waals surface area contributed by atoms with E-state index in [-0.39, 0.29) is 30.2 Å². The molecule has 2 fully saturated rings. The van der Waals surface area contributed by atoms with E-state index in [1.807, 2.05) is 77.4 Å². The van der Waals surface area contributed by atoms with Crippen LogP contribution in [0.25, 0.3) is 5.69 Å². The largest absolute Gasteiger partial charge is 0.339 e. The van der Waals surface area contributed by atoms with Crippen molar-refractivity contribution in [3.63, 3.8) is 0 Å². The molecule has 2 amide bonds. The second-order valence-electron chi connectivity index (χ2n) is 8.57. The van der Waals surface area contributed by atoms with Crippen molar-refractivity contribution in [1.29, 1.82) is 0 Å². The molecular formula is C24H27N7O2. The summed E-state index contributed by atoms with van der Waals surface area (Å²) >= 11 is 0. The van der Waals surface area contributed by atoms with Gasteiger partial charge < -0.3 is 14.7 Å². The van der Waals surface area contributed by atoms with Crippen LogP contribution in [0.1, 0.15) is 24.9 Å². The summed E-state index contributed by atoms with van der Waals surface area (Å²) in [5.41, 5.74) is 1.98. The number of carbonyl (C=O) groups is 2. The van der Waals surface area contributed by atoms with Crippen molar-refractivity contribution in [3.05, 3.63) is 66.2 Å². The Kier molecular flexibility index (Phi) is 5.77. The van der Waals surface area contributed by atoms with E-state index in [1.54, 1.807) is 4.68 Å². The Morgan fingerprint density at radius 2 is 1.64 bits per heavy atom. The number of rotatable bonds is 5. The van der Waals surface area contributed by atoms with E-state index in [0.717, 1.165) is 11.3 Å². The summed E-state index contributed by atoms with van der Waals surface area (Å²) in [4.78, 5) is 31.7. The van der Waals surface area contributed by atoms with Crippen LogP contribution in [0, 0.1) is 5.92 Å². The highest BCUT2D eigenvalue weighted by Crippen LogP contribution is 2.29. The lowest BCUT2D eigenvalue weighted by Crippen LogP contribution is -2.51. The van der Waals surface area contributed by atoms with Gasteiger partial charge in [0.05, 0.1) is 17.6 Å². The summed E-state index contributed by atoms with van der Waals surface area (Å²) < 4.78 is 1.72. The summed E-state index contributed by atoms with van der Waals surface area (Å²) in [6.45, 7) is 4.95. The lowest BCUT2D eigenvalue weighted by Gasteiger charge is -2.36. The summed E-state index contributed by atoms with van der Waals surface area (Å²) in [7, 11) is 0. The van der Waals surface area contributed by atoms with Gasteiger partial charge in [-0.3, -0.25) is 9.59 Å². The van der Waals surface area contributed by atoms with Crippen LogP contribution < -0.4 is 4.90 Å². The maximum atomic E-state index is 13.2. The predicted molar refractivity (Wildman–Crippen MR) is 123 cm³/mol. The van der Waals surface area contributed by atoms with Crippen molar-refractivity contribution in [2.24, 2.45) is 5.92 Å². The van der Waals surface area contributed by atoms with E-state index in [4.69, 9.17) is 0 Å². The van der Waals surface area contributed by atoms with Crippen LogP contribution in [0.3, 0.4) is 0 Å². The van der Waals surface area contributed by atoms with E-state index >= 15 is 0 Å². The number of amides is 2. The number of piperazine rings is 1. The number of carbonyl (C=O) groups excluding carboxylic acids is 2. The van der Waals surface area contributed by atoms with Crippen molar-refractivity contribution >= 4 is 17.8 Å². The zero-order valence-electron chi connectivity index (χ0n) is 18.6. The zero-order valence-corrected chi connectivity index (χ0v) is 18.6. The number of hydrogen-bond donors (Lipinski definition) is 0. The Morgan fingerprint density at radius 3 is 2.33 bits per heavy atom. The third kappa shape index (κ3) is 4.18. The Balaban J connectivity index is 1.21. The number of nitrogens with zero attached hydrogens (tertiary/aromatic N) is 7. The topological polar surface area (TPSA) is 87.5 Å². The van der Waals surface area contributed by atoms with Crippen LogP contribution in [-0.4, -0.2) is 74.5 Å². The highest BCUT2D eigenvalue weighted by atomic mass is 16.2. The number of para-hydroxylation sites is 1. The molecule has 1 aromatic heterocycles. The quantitative estimate of drug-likeness (QED) is 0.596. The van der Waals surface area contributed by atoms with Crippen LogP contribution in [0.2, 0.25) is 0 Å². The molecule has 0 bridgehead atoms. The second kappa shape index (κ2) is 9.01. The molecule has 2 aliphatic rings. The molecule has 0 saturated carbocycles. The molecule has 9 heteroatoms. The summed E-state index contributed by atoms with van der Waals surface area (Å²) in [6, 6.07) is 19.7. The normalized spacial score (nSPS) is 19.7. The maximum Gasteiger partial charge on any atom is 0.250 e. The monoisotopic (exact) mass is 445 g/mol. The van der Waals surface area contributed by atoms with Gasteiger partial charge >= 0.3 is 0 Å². The SMILES string of the molecule is CC(c1ccccc1)N1CC(C(=O)N2CCN(c3nnnn3-c3ccccc3)CC2)CC1=O. The van der Waals surface area contributed by atoms with Gasteiger partial charge in [0, 0.05) is 39.1 Å². The molecular weight excluding hydrogens is 418 g/mol. The average molecular weight is 446 g/mol. The van der Waals surface area contributed by atoms with Gasteiger partial charge in [0.1, 0.15) is 0 Å². The number of hydrogen-bond acceptors (Lipinski definition) is 6. The molecule has 2 saturated heterocycles. The lowest BCUT2D eigenvalue weighted by molar-refractivity contribution is -0.136. The second-order valence-corrected chi connectivity index (χ2v) is 8.57. The highest BCUT2D eigenvalue weighted by molar-refractivity contribution is 5.89. The molecule has 0 aliphatic carbocycles. The van der Waals surface area contributed by atoms with Crippen LogP contribution in [0.15, 0.2) is 60.7 Å². The molecule has 2 atom stereocenters. The molecule has 33 heavy (non-hydrogen) atoms. The van der Waals surface area contributed by atoms with Crippen molar-refractivity contribution in [2.45, 2.75) is 19.4 Å². The van der Waals surface area contributed by atoms with Crippen molar-refractivity contribution in [3.8, 4) is 5.69 Å². The minimum absolute atomic E-state index is 0.0369. The molecule has 3 aromatic rings. The van der Waals surface area contributed by atoms with Gasteiger partial charge in [-0.1, -0.05) is 53.6 Å². The van der Waals surface area contributed by atoms with Gasteiger partial charge in [-0.25, -0.2) is 0 Å². The lowest BCUT2D eigenvalue weighted by atomic mass is 10.1. The van der Waals surface area contributed by atoms with E-state index in [2.05, 4.69) is 20.4 Å². The first-order valence-electron chi connectivity index (χ1n) is 11.3. The van der Waals surface area contributed by atoms with Crippen LogP contribution in [0.5, 0.6) is 0 Å². The minimum atomic E-state index is -0.287. The third-order valence-corrected chi connectivity index (χ3v) is 6.59. The fourth-order valence-corrected chi connectivity index (χ4v) is 4.68. The molecule has 2 unspecified atom stereocenters. The predicted octanol–water partition coefficient (Wildman–Crippen LogP) is 1.92. The molecule has 0 spiro atoms. The highest BCUT2D eigenvalue weighted by Gasteiger charge is 2.39. The fourth-order valence-electron chi connectivity index (χ4n) is 4.68. The number of anilines is 1. The van der Waals surface area contributed by atoms with Gasteiger partial charge in [0.15, 0.2) is 0 Å². The van der Waals surface area contributed by atoms with Crippen LogP contribution in [-0.2, 0) is 9.59 Å². The molecule has 2 aliphatic heterocycles. The summed E-state index contributed by atoms with van der Waals surface area (Å²) in [6.07, 6.45) is 0.280. The molecule has 0 N–H and O–H groups in total. The van der Waals surface area contributed by atoms with Gasteiger partial charge in [-0.2, -0.15) is 4.68 Å². The molecule has 2 aromatic carbocycles. The van der Waals surface area contributed by atoms with Crippen LogP contribution in [0.4, 0.5) is 5.95 Å². The first kappa shape index (κ1) is 21.1. The van der Waals surface area contributed by atoms with Crippen LogP contribution >= 0.6 is 0 Å². The Hall–Kier alpha value is -3.75. The maximum absolute atomic E-state index is 13.2. The summed E-state index contributed by atoms with van der Waals surface area (Å²) in [5.74, 6) is 0.496. The number of likely N-dealkylation sites (tertiary alicyclic amines) is 1.